The van der Waals surface area contributed by atoms with Gasteiger partial charge in [-0.25, -0.2) is 0 Å². The van der Waals surface area contributed by atoms with E-state index in [1.54, 1.807) is 11.8 Å². The Morgan fingerprint density at radius 3 is 1.73 bits per heavy atom. The largest absolute Gasteiger partial charge is 0.396 e. The van der Waals surface area contributed by atoms with Crippen LogP contribution in [0.5, 0.6) is 0 Å². The van der Waals surface area contributed by atoms with Gasteiger partial charge in [-0.15, -0.1) is 0 Å². The Balaban J connectivity index is 3.39. The lowest BCUT2D eigenvalue weighted by molar-refractivity contribution is 0.322. The molecule has 0 bridgehead atoms. The van der Waals surface area contributed by atoms with Gasteiger partial charge in [-0.05, 0) is 38.5 Å². The molecule has 0 saturated carbocycles. The van der Waals surface area contributed by atoms with Crippen LogP contribution in [0.1, 0.15) is 45.4 Å². The van der Waals surface area contributed by atoms with Crippen LogP contribution in [-0.4, -0.2) is 23.2 Å². The SMILES string of the molecule is CCC=CCC=CCC=CCC=CCCC=CCSCCO. The third-order valence-electron chi connectivity index (χ3n) is 2.84. The van der Waals surface area contributed by atoms with Crippen molar-refractivity contribution in [3.63, 3.8) is 0 Å². The van der Waals surface area contributed by atoms with Gasteiger partial charge in [-0.1, -0.05) is 67.7 Å². The highest BCUT2D eigenvalue weighted by molar-refractivity contribution is 7.99. The minimum atomic E-state index is 0.278. The molecule has 0 heterocycles. The van der Waals surface area contributed by atoms with Crippen molar-refractivity contribution in [2.75, 3.05) is 18.1 Å². The third-order valence-corrected chi connectivity index (χ3v) is 3.73. The van der Waals surface area contributed by atoms with Gasteiger partial charge in [0.15, 0.2) is 0 Å². The minimum Gasteiger partial charge on any atom is -0.396 e. The van der Waals surface area contributed by atoms with Crippen molar-refractivity contribution in [3.8, 4) is 0 Å². The molecular weight excluding hydrogens is 288 g/mol. The third kappa shape index (κ3) is 19.0. The number of rotatable bonds is 14. The van der Waals surface area contributed by atoms with Crippen LogP contribution in [0.4, 0.5) is 0 Å². The quantitative estimate of drug-likeness (QED) is 0.320. The predicted octanol–water partition coefficient (Wildman–Crippen LogP) is 5.85. The lowest BCUT2D eigenvalue weighted by atomic mass is 10.2. The Bertz CT molecular complexity index is 351. The highest BCUT2D eigenvalue weighted by atomic mass is 32.2. The zero-order valence-electron chi connectivity index (χ0n) is 14.0. The molecule has 0 aromatic heterocycles. The first-order chi connectivity index (χ1) is 10.9. The fourth-order valence-corrected chi connectivity index (χ4v) is 2.26. The maximum atomic E-state index is 8.64. The molecule has 0 aliphatic carbocycles. The Morgan fingerprint density at radius 1 is 0.682 bits per heavy atom. The zero-order chi connectivity index (χ0) is 16.1. The van der Waals surface area contributed by atoms with Crippen molar-refractivity contribution < 1.29 is 5.11 Å². The molecule has 0 aliphatic heterocycles. The van der Waals surface area contributed by atoms with Crippen molar-refractivity contribution in [2.24, 2.45) is 0 Å². The van der Waals surface area contributed by atoms with Crippen LogP contribution < -0.4 is 0 Å². The smallest absolute Gasteiger partial charge is 0.0521 e. The number of unbranched alkanes of at least 4 members (excludes halogenated alkanes) is 1. The van der Waals surface area contributed by atoms with Gasteiger partial charge in [0, 0.05) is 11.5 Å². The molecule has 0 radical (unpaired) electrons. The summed E-state index contributed by atoms with van der Waals surface area (Å²) < 4.78 is 0. The lowest BCUT2D eigenvalue weighted by Gasteiger charge is -1.91. The number of hydrogen-bond acceptors (Lipinski definition) is 2. The van der Waals surface area contributed by atoms with Gasteiger partial charge in [-0.3, -0.25) is 0 Å². The zero-order valence-corrected chi connectivity index (χ0v) is 14.8. The summed E-state index contributed by atoms with van der Waals surface area (Å²) in [5, 5.41) is 8.64. The van der Waals surface area contributed by atoms with Crippen LogP contribution in [0.25, 0.3) is 0 Å². The summed E-state index contributed by atoms with van der Waals surface area (Å²) in [5.74, 6) is 1.84. The van der Waals surface area contributed by atoms with Gasteiger partial charge < -0.3 is 5.11 Å². The summed E-state index contributed by atoms with van der Waals surface area (Å²) in [5.41, 5.74) is 0. The predicted molar refractivity (Wildman–Crippen MR) is 103 cm³/mol. The number of allylic oxidation sites excluding steroid dienone is 9. The maximum absolute atomic E-state index is 8.64. The van der Waals surface area contributed by atoms with E-state index in [4.69, 9.17) is 5.11 Å². The van der Waals surface area contributed by atoms with E-state index in [2.05, 4.69) is 67.7 Å². The van der Waals surface area contributed by atoms with Crippen LogP contribution in [0.2, 0.25) is 0 Å². The van der Waals surface area contributed by atoms with Gasteiger partial charge in [0.05, 0.1) is 6.61 Å². The summed E-state index contributed by atoms with van der Waals surface area (Å²) in [6.07, 6.45) is 28.7. The molecule has 0 atom stereocenters. The molecular formula is C20H32OS. The van der Waals surface area contributed by atoms with Crippen molar-refractivity contribution >= 4 is 11.8 Å². The maximum Gasteiger partial charge on any atom is 0.0521 e. The summed E-state index contributed by atoms with van der Waals surface area (Å²) >= 11 is 1.77. The van der Waals surface area contributed by atoms with E-state index in [-0.39, 0.29) is 6.61 Å². The molecule has 0 spiro atoms. The second-order valence-corrected chi connectivity index (χ2v) is 6.00. The Labute approximate surface area is 141 Å². The first-order valence-electron chi connectivity index (χ1n) is 8.35. The average molecular weight is 321 g/mol. The monoisotopic (exact) mass is 320 g/mol. The number of hydrogen-bond donors (Lipinski definition) is 1. The molecule has 124 valence electrons. The van der Waals surface area contributed by atoms with Crippen molar-refractivity contribution in [3.05, 3.63) is 60.8 Å². The summed E-state index contributed by atoms with van der Waals surface area (Å²) in [4.78, 5) is 0. The van der Waals surface area contributed by atoms with Crippen LogP contribution in [-0.2, 0) is 0 Å². The van der Waals surface area contributed by atoms with Crippen LogP contribution >= 0.6 is 11.8 Å². The fourth-order valence-electron chi connectivity index (χ4n) is 1.69. The topological polar surface area (TPSA) is 20.2 Å². The Kier molecular flexibility index (Phi) is 19.1. The van der Waals surface area contributed by atoms with Crippen LogP contribution in [0.15, 0.2) is 60.8 Å². The second kappa shape index (κ2) is 20.0. The molecule has 0 saturated heterocycles. The molecule has 0 rings (SSSR count). The average Bonchev–Trinajstić information content (AvgIpc) is 2.54. The van der Waals surface area contributed by atoms with Crippen LogP contribution in [0, 0.1) is 0 Å². The van der Waals surface area contributed by atoms with E-state index in [9.17, 15) is 0 Å². The van der Waals surface area contributed by atoms with E-state index < -0.39 is 0 Å². The van der Waals surface area contributed by atoms with Gasteiger partial charge in [0.2, 0.25) is 0 Å². The van der Waals surface area contributed by atoms with Crippen molar-refractivity contribution in [1.82, 2.24) is 0 Å². The van der Waals surface area contributed by atoms with Gasteiger partial charge in [0.1, 0.15) is 0 Å². The minimum absolute atomic E-state index is 0.278. The highest BCUT2D eigenvalue weighted by Gasteiger charge is 1.82. The molecule has 0 amide bonds. The molecule has 0 aromatic carbocycles. The van der Waals surface area contributed by atoms with E-state index >= 15 is 0 Å². The molecule has 0 aliphatic rings. The summed E-state index contributed by atoms with van der Waals surface area (Å²) in [6, 6.07) is 0. The summed E-state index contributed by atoms with van der Waals surface area (Å²) in [7, 11) is 0. The highest BCUT2D eigenvalue weighted by Crippen LogP contribution is 2.01. The van der Waals surface area contributed by atoms with E-state index in [1.165, 1.54) is 0 Å². The lowest BCUT2D eigenvalue weighted by Crippen LogP contribution is -1.85. The molecule has 2 heteroatoms. The van der Waals surface area contributed by atoms with E-state index in [1.807, 2.05) is 0 Å². The van der Waals surface area contributed by atoms with Gasteiger partial charge >= 0.3 is 0 Å². The van der Waals surface area contributed by atoms with Crippen LogP contribution in [0.3, 0.4) is 0 Å². The number of aliphatic hydroxyl groups is 1. The molecule has 1 N–H and O–H groups in total. The first-order valence-corrected chi connectivity index (χ1v) is 9.50. The van der Waals surface area contributed by atoms with Crippen molar-refractivity contribution in [2.45, 2.75) is 45.4 Å². The van der Waals surface area contributed by atoms with Gasteiger partial charge in [-0.2, -0.15) is 11.8 Å². The number of aliphatic hydroxyl groups excluding tert-OH is 1. The van der Waals surface area contributed by atoms with E-state index in [0.29, 0.717) is 0 Å². The molecule has 1 nitrogen and oxygen atoms in total. The Hall–Kier alpha value is -0.990. The fraction of sp³-hybridized carbons (Fsp3) is 0.500. The molecule has 0 fully saturated rings. The molecule has 22 heavy (non-hydrogen) atoms. The Morgan fingerprint density at radius 2 is 1.18 bits per heavy atom. The molecule has 0 unspecified atom stereocenters. The second-order valence-electron chi connectivity index (χ2n) is 4.85. The van der Waals surface area contributed by atoms with E-state index in [0.717, 1.165) is 50.0 Å². The van der Waals surface area contributed by atoms with Crippen molar-refractivity contribution in [1.29, 1.82) is 0 Å². The standard InChI is InChI=1S/C20H32OS/c1-2-3-4-5-6-7-8-9-10-11-12-13-14-15-16-17-19-22-20-18-21/h3-4,6-7,9-10,12-13,16-17,21H,2,5,8,11,14-15,18-20H2,1H3. The number of thioether (sulfide) groups is 1. The molecule has 0 aromatic rings. The van der Waals surface area contributed by atoms with Gasteiger partial charge in [0.25, 0.3) is 0 Å². The summed E-state index contributed by atoms with van der Waals surface area (Å²) in [6.45, 7) is 2.44. The normalized spacial score (nSPS) is 13.0. The first kappa shape index (κ1) is 21.0.